The van der Waals surface area contributed by atoms with E-state index in [0.717, 1.165) is 6.04 Å². The molecule has 0 bridgehead atoms. The SMILES string of the molecule is CO[Si](Cc1ccccc1-c1cccc2ccccc12)OC. The van der Waals surface area contributed by atoms with Gasteiger partial charge in [-0.1, -0.05) is 66.7 Å². The maximum absolute atomic E-state index is 5.46. The maximum atomic E-state index is 5.46. The zero-order valence-corrected chi connectivity index (χ0v) is 13.9. The van der Waals surface area contributed by atoms with E-state index in [-0.39, 0.29) is 0 Å². The lowest BCUT2D eigenvalue weighted by atomic mass is 9.95. The van der Waals surface area contributed by atoms with E-state index in [1.54, 1.807) is 14.2 Å². The van der Waals surface area contributed by atoms with E-state index in [9.17, 15) is 0 Å². The summed E-state index contributed by atoms with van der Waals surface area (Å²) in [5, 5.41) is 2.54. The van der Waals surface area contributed by atoms with Gasteiger partial charge in [-0.2, -0.15) is 0 Å². The van der Waals surface area contributed by atoms with E-state index in [4.69, 9.17) is 8.85 Å². The lowest BCUT2D eigenvalue weighted by molar-refractivity contribution is 0.277. The highest BCUT2D eigenvalue weighted by Crippen LogP contribution is 2.31. The molecule has 0 fully saturated rings. The standard InChI is InChI=1S/C19H19O2Si/c1-20-22(21-2)14-16-9-4-6-12-18(16)19-13-7-10-15-8-3-5-11-17(15)19/h3-13H,14H2,1-2H3. The summed E-state index contributed by atoms with van der Waals surface area (Å²) in [5.74, 6) is 0. The van der Waals surface area contributed by atoms with Gasteiger partial charge in [0.05, 0.1) is 0 Å². The van der Waals surface area contributed by atoms with E-state index < -0.39 is 9.28 Å². The molecule has 0 aromatic heterocycles. The normalized spacial score (nSPS) is 11.2. The molecule has 0 unspecified atom stereocenters. The summed E-state index contributed by atoms with van der Waals surface area (Å²) in [6, 6.07) is 24.3. The van der Waals surface area contributed by atoms with E-state index in [1.165, 1.54) is 27.5 Å². The number of hydrogen-bond acceptors (Lipinski definition) is 2. The summed E-state index contributed by atoms with van der Waals surface area (Å²) >= 11 is 0. The summed E-state index contributed by atoms with van der Waals surface area (Å²) in [4.78, 5) is 0. The largest absolute Gasteiger partial charge is 0.397 e. The molecule has 0 N–H and O–H groups in total. The highest BCUT2D eigenvalue weighted by molar-refractivity contribution is 6.43. The van der Waals surface area contributed by atoms with E-state index in [0.29, 0.717) is 0 Å². The predicted molar refractivity (Wildman–Crippen MR) is 92.9 cm³/mol. The van der Waals surface area contributed by atoms with E-state index in [2.05, 4.69) is 66.7 Å². The van der Waals surface area contributed by atoms with Gasteiger partial charge in [0.15, 0.2) is 0 Å². The van der Waals surface area contributed by atoms with Crippen LogP contribution in [0.25, 0.3) is 21.9 Å². The molecule has 0 aliphatic carbocycles. The Kier molecular flexibility index (Phi) is 4.68. The highest BCUT2D eigenvalue weighted by Gasteiger charge is 2.16. The fourth-order valence-corrected chi connectivity index (χ4v) is 3.86. The molecule has 3 heteroatoms. The minimum Gasteiger partial charge on any atom is -0.397 e. The molecule has 0 atom stereocenters. The van der Waals surface area contributed by atoms with Gasteiger partial charge in [-0.3, -0.25) is 0 Å². The molecule has 22 heavy (non-hydrogen) atoms. The second-order valence-electron chi connectivity index (χ2n) is 5.14. The van der Waals surface area contributed by atoms with Gasteiger partial charge in [0.25, 0.3) is 0 Å². The zero-order chi connectivity index (χ0) is 15.4. The fourth-order valence-electron chi connectivity index (χ4n) is 2.78. The van der Waals surface area contributed by atoms with Crippen molar-refractivity contribution in [2.24, 2.45) is 0 Å². The van der Waals surface area contributed by atoms with Crippen LogP contribution in [0.3, 0.4) is 0 Å². The Labute approximate surface area is 133 Å². The van der Waals surface area contributed by atoms with Gasteiger partial charge in [0, 0.05) is 20.3 Å². The van der Waals surface area contributed by atoms with Crippen molar-refractivity contribution in [1.82, 2.24) is 0 Å². The van der Waals surface area contributed by atoms with Crippen molar-refractivity contribution in [3.05, 3.63) is 72.3 Å². The molecule has 3 aromatic carbocycles. The molecule has 0 saturated heterocycles. The van der Waals surface area contributed by atoms with Crippen molar-refractivity contribution in [1.29, 1.82) is 0 Å². The highest BCUT2D eigenvalue weighted by atomic mass is 28.3. The van der Waals surface area contributed by atoms with Gasteiger partial charge in [-0.25, -0.2) is 0 Å². The Hall–Kier alpha value is -1.94. The molecule has 0 heterocycles. The van der Waals surface area contributed by atoms with Crippen LogP contribution in [-0.4, -0.2) is 23.5 Å². The van der Waals surface area contributed by atoms with Crippen molar-refractivity contribution >= 4 is 20.1 Å². The van der Waals surface area contributed by atoms with Gasteiger partial charge >= 0.3 is 9.28 Å². The second-order valence-corrected chi connectivity index (χ2v) is 7.05. The van der Waals surface area contributed by atoms with Gasteiger partial charge in [0.1, 0.15) is 0 Å². The first kappa shape index (κ1) is 15.0. The van der Waals surface area contributed by atoms with Crippen LogP contribution >= 0.6 is 0 Å². The van der Waals surface area contributed by atoms with Crippen LogP contribution < -0.4 is 0 Å². The van der Waals surface area contributed by atoms with Crippen molar-refractivity contribution in [3.8, 4) is 11.1 Å². The smallest absolute Gasteiger partial charge is 0.388 e. The molecule has 0 amide bonds. The number of fused-ring (bicyclic) bond motifs is 1. The van der Waals surface area contributed by atoms with Crippen LogP contribution in [0.4, 0.5) is 0 Å². The number of hydrogen-bond donors (Lipinski definition) is 0. The molecule has 3 aromatic rings. The van der Waals surface area contributed by atoms with Crippen molar-refractivity contribution < 1.29 is 8.85 Å². The molecule has 0 spiro atoms. The Morgan fingerprint density at radius 1 is 0.727 bits per heavy atom. The topological polar surface area (TPSA) is 18.5 Å². The first-order valence-corrected chi connectivity index (χ1v) is 8.85. The third kappa shape index (κ3) is 2.97. The summed E-state index contributed by atoms with van der Waals surface area (Å²) in [5.41, 5.74) is 3.80. The minimum atomic E-state index is -1.26. The van der Waals surface area contributed by atoms with E-state index in [1.807, 2.05) is 0 Å². The lowest BCUT2D eigenvalue weighted by Gasteiger charge is -2.15. The summed E-state index contributed by atoms with van der Waals surface area (Å²) in [7, 11) is 2.18. The fraction of sp³-hybridized carbons (Fsp3) is 0.158. The monoisotopic (exact) mass is 307 g/mol. The molecule has 1 radical (unpaired) electrons. The first-order valence-electron chi connectivity index (χ1n) is 7.33. The third-order valence-corrected chi connectivity index (χ3v) is 5.47. The van der Waals surface area contributed by atoms with Gasteiger partial charge in [-0.15, -0.1) is 0 Å². The summed E-state index contributed by atoms with van der Waals surface area (Å²) < 4.78 is 10.9. The Morgan fingerprint density at radius 2 is 1.36 bits per heavy atom. The Balaban J connectivity index is 2.11. The van der Waals surface area contributed by atoms with Crippen LogP contribution in [0.1, 0.15) is 5.56 Å². The number of rotatable bonds is 5. The Morgan fingerprint density at radius 3 is 2.18 bits per heavy atom. The number of benzene rings is 3. The molecular formula is C19H19O2Si. The third-order valence-electron chi connectivity index (χ3n) is 3.89. The van der Waals surface area contributed by atoms with Crippen LogP contribution in [0.2, 0.25) is 0 Å². The quantitative estimate of drug-likeness (QED) is 0.652. The summed E-state index contributed by atoms with van der Waals surface area (Å²) in [6.07, 6.45) is 0. The van der Waals surface area contributed by atoms with Crippen LogP contribution in [0.15, 0.2) is 66.7 Å². The van der Waals surface area contributed by atoms with Gasteiger partial charge in [0.2, 0.25) is 0 Å². The molecule has 0 aliphatic rings. The molecule has 111 valence electrons. The zero-order valence-electron chi connectivity index (χ0n) is 12.9. The molecule has 3 rings (SSSR count). The van der Waals surface area contributed by atoms with Crippen molar-refractivity contribution in [2.75, 3.05) is 14.2 Å². The molecule has 0 saturated carbocycles. The molecular weight excluding hydrogens is 288 g/mol. The van der Waals surface area contributed by atoms with Crippen LogP contribution in [0.5, 0.6) is 0 Å². The molecule has 2 nitrogen and oxygen atoms in total. The van der Waals surface area contributed by atoms with Gasteiger partial charge in [-0.05, 0) is 27.5 Å². The maximum Gasteiger partial charge on any atom is 0.388 e. The second kappa shape index (κ2) is 6.88. The Bertz CT molecular complexity index is 761. The molecule has 0 aliphatic heterocycles. The predicted octanol–water partition coefficient (Wildman–Crippen LogP) is 4.37. The van der Waals surface area contributed by atoms with Crippen LogP contribution in [-0.2, 0) is 14.9 Å². The van der Waals surface area contributed by atoms with Crippen LogP contribution in [0, 0.1) is 0 Å². The lowest BCUT2D eigenvalue weighted by Crippen LogP contribution is -2.23. The van der Waals surface area contributed by atoms with Gasteiger partial charge < -0.3 is 8.85 Å². The van der Waals surface area contributed by atoms with Crippen molar-refractivity contribution in [2.45, 2.75) is 6.04 Å². The summed E-state index contributed by atoms with van der Waals surface area (Å²) in [6.45, 7) is 0. The minimum absolute atomic E-state index is 0.830. The average molecular weight is 307 g/mol. The first-order chi connectivity index (χ1) is 10.8. The van der Waals surface area contributed by atoms with Crippen molar-refractivity contribution in [3.63, 3.8) is 0 Å². The average Bonchev–Trinajstić information content (AvgIpc) is 2.59. The van der Waals surface area contributed by atoms with E-state index >= 15 is 0 Å².